The van der Waals surface area contributed by atoms with Crippen LogP contribution in [0.5, 0.6) is 0 Å². The molecule has 0 spiro atoms. The van der Waals surface area contributed by atoms with E-state index in [0.717, 1.165) is 27.8 Å². The highest BCUT2D eigenvalue weighted by molar-refractivity contribution is 7.92. The van der Waals surface area contributed by atoms with Crippen LogP contribution in [0.3, 0.4) is 0 Å². The van der Waals surface area contributed by atoms with E-state index in [0.29, 0.717) is 25.1 Å². The van der Waals surface area contributed by atoms with E-state index in [4.69, 9.17) is 0 Å². The van der Waals surface area contributed by atoms with Gasteiger partial charge in [0.15, 0.2) is 0 Å². The number of rotatable bonds is 13. The third kappa shape index (κ3) is 8.68. The van der Waals surface area contributed by atoms with E-state index in [1.54, 1.807) is 11.0 Å². The molecule has 0 fully saturated rings. The second-order valence-corrected chi connectivity index (χ2v) is 12.2. The quantitative estimate of drug-likeness (QED) is 0.319. The molecule has 0 aromatic heterocycles. The predicted octanol–water partition coefficient (Wildman–Crippen LogP) is 4.93. The minimum Gasteiger partial charge on any atom is -0.355 e. The summed E-state index contributed by atoms with van der Waals surface area (Å²) in [6.07, 6.45) is 1.98. The Morgan fingerprint density at radius 3 is 2.15 bits per heavy atom. The zero-order valence-corrected chi connectivity index (χ0v) is 25.0. The van der Waals surface area contributed by atoms with E-state index < -0.39 is 16.1 Å². The molecule has 3 aromatic carbocycles. The van der Waals surface area contributed by atoms with Crippen molar-refractivity contribution in [3.63, 3.8) is 0 Å². The fourth-order valence-corrected chi connectivity index (χ4v) is 5.58. The molecule has 40 heavy (non-hydrogen) atoms. The number of hydrogen-bond donors (Lipinski definition) is 1. The van der Waals surface area contributed by atoms with Crippen molar-refractivity contribution in [2.45, 2.75) is 59.5 Å². The van der Waals surface area contributed by atoms with Gasteiger partial charge in [0, 0.05) is 32.5 Å². The molecule has 0 saturated carbocycles. The van der Waals surface area contributed by atoms with Gasteiger partial charge in [-0.15, -0.1) is 0 Å². The van der Waals surface area contributed by atoms with Gasteiger partial charge in [0.25, 0.3) is 0 Å². The summed E-state index contributed by atoms with van der Waals surface area (Å²) in [6, 6.07) is 22.4. The van der Waals surface area contributed by atoms with Gasteiger partial charge in [0.1, 0.15) is 6.04 Å². The second-order valence-electron chi connectivity index (χ2n) is 10.3. The van der Waals surface area contributed by atoms with Gasteiger partial charge >= 0.3 is 0 Å². The van der Waals surface area contributed by atoms with E-state index in [9.17, 15) is 18.0 Å². The molecule has 7 nitrogen and oxygen atoms in total. The Morgan fingerprint density at radius 2 is 1.55 bits per heavy atom. The summed E-state index contributed by atoms with van der Waals surface area (Å²) in [5.41, 5.74) is 5.65. The van der Waals surface area contributed by atoms with Gasteiger partial charge in [-0.05, 0) is 68.5 Å². The average Bonchev–Trinajstić information content (AvgIpc) is 2.91. The summed E-state index contributed by atoms with van der Waals surface area (Å²) >= 11 is 0. The Balaban J connectivity index is 1.86. The van der Waals surface area contributed by atoms with Crippen LogP contribution in [0.4, 0.5) is 5.69 Å². The lowest BCUT2D eigenvalue weighted by atomic mass is 10.0. The van der Waals surface area contributed by atoms with Gasteiger partial charge in [0.05, 0.1) is 11.9 Å². The monoisotopic (exact) mass is 563 g/mol. The molecule has 0 saturated heterocycles. The third-order valence-corrected chi connectivity index (χ3v) is 8.22. The van der Waals surface area contributed by atoms with Crippen LogP contribution in [0.1, 0.15) is 47.6 Å². The van der Waals surface area contributed by atoms with Crippen molar-refractivity contribution in [3.05, 3.63) is 101 Å². The van der Waals surface area contributed by atoms with Crippen LogP contribution in [-0.4, -0.2) is 50.5 Å². The Bertz CT molecular complexity index is 1390. The van der Waals surface area contributed by atoms with E-state index >= 15 is 0 Å². The summed E-state index contributed by atoms with van der Waals surface area (Å²) in [7, 11) is -3.55. The van der Waals surface area contributed by atoms with Gasteiger partial charge in [0.2, 0.25) is 21.8 Å². The lowest BCUT2D eigenvalue weighted by Crippen LogP contribution is -2.50. The van der Waals surface area contributed by atoms with E-state index in [1.807, 2.05) is 94.4 Å². The molecule has 2 amide bonds. The van der Waals surface area contributed by atoms with Crippen molar-refractivity contribution in [3.8, 4) is 0 Å². The lowest BCUT2D eigenvalue weighted by Gasteiger charge is -2.32. The first-order valence-corrected chi connectivity index (χ1v) is 15.6. The topological polar surface area (TPSA) is 86.8 Å². The first-order chi connectivity index (χ1) is 19.0. The highest BCUT2D eigenvalue weighted by atomic mass is 32.2. The molecule has 3 rings (SSSR count). The number of benzene rings is 3. The molecule has 1 atom stereocenters. The SMILES string of the molecule is CCNC(=O)[C@H](Cc1ccccc1)N(Cc1ccc(C)cc1)C(=O)CCCN(c1ccc(C)c(C)c1)S(C)(=O)=O. The number of aryl methyl sites for hydroxylation is 3. The number of carbonyl (C=O) groups excluding carboxylic acids is 2. The van der Waals surface area contributed by atoms with Crippen molar-refractivity contribution in [1.29, 1.82) is 0 Å². The molecular weight excluding hydrogens is 522 g/mol. The molecule has 0 aliphatic carbocycles. The number of nitrogens with one attached hydrogen (secondary N) is 1. The van der Waals surface area contributed by atoms with Gasteiger partial charge in [-0.2, -0.15) is 0 Å². The Morgan fingerprint density at radius 1 is 0.875 bits per heavy atom. The number of carbonyl (C=O) groups is 2. The Kier molecular flexibility index (Phi) is 10.9. The Labute approximate surface area is 239 Å². The molecule has 0 heterocycles. The van der Waals surface area contributed by atoms with Crippen LogP contribution in [0.25, 0.3) is 0 Å². The van der Waals surface area contributed by atoms with Crippen molar-refractivity contribution in [2.24, 2.45) is 0 Å². The van der Waals surface area contributed by atoms with Crippen molar-refractivity contribution in [1.82, 2.24) is 10.2 Å². The van der Waals surface area contributed by atoms with Gasteiger partial charge in [-0.25, -0.2) is 8.42 Å². The van der Waals surface area contributed by atoms with Gasteiger partial charge < -0.3 is 10.2 Å². The fraction of sp³-hybridized carbons (Fsp3) is 0.375. The average molecular weight is 564 g/mol. The summed E-state index contributed by atoms with van der Waals surface area (Å²) < 4.78 is 26.7. The summed E-state index contributed by atoms with van der Waals surface area (Å²) in [6.45, 7) is 8.68. The minimum absolute atomic E-state index is 0.105. The molecule has 0 bridgehead atoms. The highest BCUT2D eigenvalue weighted by Crippen LogP contribution is 2.23. The van der Waals surface area contributed by atoms with Crippen LogP contribution in [0.15, 0.2) is 72.8 Å². The molecule has 0 radical (unpaired) electrons. The van der Waals surface area contributed by atoms with Gasteiger partial charge in [-0.1, -0.05) is 66.2 Å². The standard InChI is InChI=1S/C32H41N3O4S/c1-6-33-32(37)30(22-27-11-8-7-9-12-27)34(23-28-17-14-24(2)15-18-28)31(36)13-10-20-35(40(5,38)39)29-19-16-25(3)26(4)21-29/h7-9,11-12,14-19,21,30H,6,10,13,20,22-23H2,1-5H3,(H,33,37)/t30-/m0/s1. The molecule has 0 unspecified atom stereocenters. The van der Waals surface area contributed by atoms with E-state index in [2.05, 4.69) is 5.32 Å². The fourth-order valence-electron chi connectivity index (χ4n) is 4.62. The smallest absolute Gasteiger partial charge is 0.243 e. The van der Waals surface area contributed by atoms with Crippen molar-refractivity contribution < 1.29 is 18.0 Å². The lowest BCUT2D eigenvalue weighted by molar-refractivity contribution is -0.141. The van der Waals surface area contributed by atoms with E-state index in [1.165, 1.54) is 10.6 Å². The molecule has 1 N–H and O–H groups in total. The van der Waals surface area contributed by atoms with Crippen LogP contribution in [0, 0.1) is 20.8 Å². The second kappa shape index (κ2) is 14.1. The predicted molar refractivity (Wildman–Crippen MR) is 162 cm³/mol. The largest absolute Gasteiger partial charge is 0.355 e. The first kappa shape index (κ1) is 30.9. The number of likely N-dealkylation sites (N-methyl/N-ethyl adjacent to an activating group) is 1. The number of hydrogen-bond acceptors (Lipinski definition) is 4. The third-order valence-electron chi connectivity index (χ3n) is 7.03. The van der Waals surface area contributed by atoms with Crippen molar-refractivity contribution >= 4 is 27.5 Å². The summed E-state index contributed by atoms with van der Waals surface area (Å²) in [5.74, 6) is -0.402. The molecular formula is C32H41N3O4S. The summed E-state index contributed by atoms with van der Waals surface area (Å²) in [4.78, 5) is 28.7. The first-order valence-electron chi connectivity index (χ1n) is 13.7. The van der Waals surface area contributed by atoms with Crippen LogP contribution in [0.2, 0.25) is 0 Å². The van der Waals surface area contributed by atoms with Gasteiger partial charge in [-0.3, -0.25) is 13.9 Å². The molecule has 0 aliphatic heterocycles. The maximum atomic E-state index is 13.8. The zero-order valence-electron chi connectivity index (χ0n) is 24.2. The number of nitrogens with zero attached hydrogens (tertiary/aromatic N) is 2. The number of anilines is 1. The molecule has 8 heteroatoms. The van der Waals surface area contributed by atoms with Crippen LogP contribution in [-0.2, 0) is 32.6 Å². The zero-order chi connectivity index (χ0) is 29.3. The highest BCUT2D eigenvalue weighted by Gasteiger charge is 2.30. The minimum atomic E-state index is -3.55. The molecule has 214 valence electrons. The summed E-state index contributed by atoms with van der Waals surface area (Å²) in [5, 5.41) is 2.90. The van der Waals surface area contributed by atoms with Crippen LogP contribution >= 0.6 is 0 Å². The van der Waals surface area contributed by atoms with Crippen molar-refractivity contribution in [2.75, 3.05) is 23.7 Å². The number of sulfonamides is 1. The van der Waals surface area contributed by atoms with Crippen LogP contribution < -0.4 is 9.62 Å². The number of amides is 2. The maximum absolute atomic E-state index is 13.8. The molecule has 0 aliphatic rings. The molecule has 3 aromatic rings. The maximum Gasteiger partial charge on any atom is 0.243 e. The normalized spacial score (nSPS) is 12.0. The Hall–Kier alpha value is -3.65. The van der Waals surface area contributed by atoms with E-state index in [-0.39, 0.29) is 31.3 Å².